The van der Waals surface area contributed by atoms with Crippen LogP contribution in [0, 0.1) is 0 Å². The van der Waals surface area contributed by atoms with E-state index < -0.39 is 10.9 Å². The van der Waals surface area contributed by atoms with Crippen molar-refractivity contribution in [2.24, 2.45) is 4.26 Å². The highest BCUT2D eigenvalue weighted by molar-refractivity contribution is 7.70. The quantitative estimate of drug-likeness (QED) is 0.489. The molecular formula is C9H20Cl4N3P. The van der Waals surface area contributed by atoms with Crippen molar-refractivity contribution in [3.63, 3.8) is 0 Å². The van der Waals surface area contributed by atoms with Gasteiger partial charge >= 0.3 is 0 Å². The zero-order valence-electron chi connectivity index (χ0n) is 10.6. The van der Waals surface area contributed by atoms with Gasteiger partial charge in [0.1, 0.15) is 0 Å². The van der Waals surface area contributed by atoms with Crippen molar-refractivity contribution >= 4 is 53.9 Å². The van der Waals surface area contributed by atoms with Crippen LogP contribution in [0.4, 0.5) is 0 Å². The smallest absolute Gasteiger partial charge is 0.251 e. The largest absolute Gasteiger partial charge is 0.254 e. The van der Waals surface area contributed by atoms with E-state index in [2.05, 4.69) is 13.6 Å². The molecule has 0 spiro atoms. The van der Waals surface area contributed by atoms with Crippen molar-refractivity contribution in [2.45, 2.75) is 31.2 Å². The average molecular weight is 343 g/mol. The fraction of sp³-hybridized carbons (Fsp3) is 1.00. The van der Waals surface area contributed by atoms with E-state index in [1.54, 1.807) is 0 Å². The molecular weight excluding hydrogens is 323 g/mol. The molecule has 0 aromatic rings. The first-order valence-corrected chi connectivity index (χ1v) is 8.77. The van der Waals surface area contributed by atoms with Crippen LogP contribution in [-0.4, -0.2) is 39.1 Å². The van der Waals surface area contributed by atoms with Crippen LogP contribution in [0.3, 0.4) is 0 Å². The number of hydrogen-bond donors (Lipinski definition) is 0. The van der Waals surface area contributed by atoms with Gasteiger partial charge in [0.2, 0.25) is 0 Å². The second-order valence-corrected chi connectivity index (χ2v) is 10.0. The third kappa shape index (κ3) is 3.66. The van der Waals surface area contributed by atoms with Crippen molar-refractivity contribution in [3.8, 4) is 0 Å². The van der Waals surface area contributed by atoms with Crippen LogP contribution in [-0.2, 0) is 0 Å². The Morgan fingerprint density at radius 2 is 1.18 bits per heavy atom. The summed E-state index contributed by atoms with van der Waals surface area (Å²) in [6.07, 6.45) is 0. The minimum Gasteiger partial charge on any atom is -0.254 e. The van der Waals surface area contributed by atoms with Crippen LogP contribution in [0.5, 0.6) is 0 Å². The van der Waals surface area contributed by atoms with E-state index in [4.69, 9.17) is 46.6 Å². The molecule has 0 aromatic carbocycles. The maximum atomic E-state index is 6.18. The average Bonchev–Trinajstić information content (AvgIpc) is 2.27. The Hall–Kier alpha value is 1.31. The Labute approximate surface area is 125 Å². The van der Waals surface area contributed by atoms with E-state index in [1.807, 2.05) is 27.7 Å². The van der Waals surface area contributed by atoms with E-state index in [1.165, 1.54) is 0 Å². The van der Waals surface area contributed by atoms with Gasteiger partial charge in [-0.1, -0.05) is 62.5 Å². The molecule has 8 heteroatoms. The fourth-order valence-electron chi connectivity index (χ4n) is 1.87. The number of rotatable bonds is 6. The molecule has 0 bridgehead atoms. The molecule has 0 N–H and O–H groups in total. The predicted molar refractivity (Wildman–Crippen MR) is 81.3 cm³/mol. The number of nitrogens with zero attached hydrogens (tertiary/aromatic N) is 3. The van der Waals surface area contributed by atoms with E-state index >= 15 is 0 Å². The Balaban J connectivity index is 5.80. The van der Waals surface area contributed by atoms with E-state index in [0.717, 1.165) is 26.2 Å². The second-order valence-electron chi connectivity index (χ2n) is 3.39. The SMILES string of the molecule is CCN(CC)P(=NCl)(N(CC)CC)C(Cl)(Cl)Cl. The summed E-state index contributed by atoms with van der Waals surface area (Å²) in [5.41, 5.74) is 0. The molecule has 0 unspecified atom stereocenters. The van der Waals surface area contributed by atoms with E-state index in [-0.39, 0.29) is 0 Å². The summed E-state index contributed by atoms with van der Waals surface area (Å²) >= 11 is 24.4. The molecule has 0 saturated heterocycles. The highest BCUT2D eigenvalue weighted by Gasteiger charge is 2.48. The van der Waals surface area contributed by atoms with Gasteiger partial charge in [-0.2, -0.15) is 4.26 Å². The summed E-state index contributed by atoms with van der Waals surface area (Å²) in [6.45, 7) is 11.0. The van der Waals surface area contributed by atoms with Gasteiger partial charge in [-0.15, -0.1) is 0 Å². The maximum absolute atomic E-state index is 6.18. The lowest BCUT2D eigenvalue weighted by Crippen LogP contribution is -2.37. The van der Waals surface area contributed by atoms with Gasteiger partial charge in [0.05, 0.1) is 0 Å². The Kier molecular flexibility index (Phi) is 8.39. The fourth-order valence-corrected chi connectivity index (χ4v) is 8.25. The normalized spacial score (nSPS) is 13.5. The molecule has 0 atom stereocenters. The molecule has 0 aliphatic rings. The molecule has 0 radical (unpaired) electrons. The van der Waals surface area contributed by atoms with E-state index in [9.17, 15) is 0 Å². The minimum atomic E-state index is -2.53. The lowest BCUT2D eigenvalue weighted by Gasteiger charge is -2.45. The van der Waals surface area contributed by atoms with E-state index in [0.29, 0.717) is 0 Å². The van der Waals surface area contributed by atoms with Crippen molar-refractivity contribution in [1.29, 1.82) is 0 Å². The predicted octanol–water partition coefficient (Wildman–Crippen LogP) is 5.18. The molecule has 104 valence electrons. The summed E-state index contributed by atoms with van der Waals surface area (Å²) in [5.74, 6) is 0. The standard InChI is InChI=1S/C9H20Cl4N3P/c1-5-15(6-2)17(14-13,9(10,11)12)16(7-3)8-4/h5-8H2,1-4H3. The Bertz CT molecular complexity index is 256. The summed E-state index contributed by atoms with van der Waals surface area (Å²) in [4.78, 5) is 0. The van der Waals surface area contributed by atoms with Gasteiger partial charge in [0.15, 0.2) is 7.36 Å². The molecule has 0 aromatic heterocycles. The molecule has 0 saturated carbocycles. The van der Waals surface area contributed by atoms with Gasteiger partial charge in [0.25, 0.3) is 3.53 Å². The summed E-state index contributed by atoms with van der Waals surface area (Å²) in [7, 11) is -2.53. The first-order chi connectivity index (χ1) is 7.85. The summed E-state index contributed by atoms with van der Waals surface area (Å²) in [5, 5.41) is 0. The lowest BCUT2D eigenvalue weighted by molar-refractivity contribution is 0.413. The first kappa shape index (κ1) is 18.3. The van der Waals surface area contributed by atoms with Crippen LogP contribution in [0.2, 0.25) is 0 Å². The molecule has 0 fully saturated rings. The second kappa shape index (κ2) is 7.79. The third-order valence-corrected chi connectivity index (χ3v) is 8.97. The molecule has 3 nitrogen and oxygen atoms in total. The van der Waals surface area contributed by atoms with Crippen LogP contribution >= 0.6 is 53.9 Å². The third-order valence-electron chi connectivity index (χ3n) is 2.69. The van der Waals surface area contributed by atoms with Gasteiger partial charge < -0.3 is 0 Å². The van der Waals surface area contributed by atoms with Crippen molar-refractivity contribution in [2.75, 3.05) is 26.2 Å². The summed E-state index contributed by atoms with van der Waals surface area (Å²) < 4.78 is 6.62. The zero-order valence-corrected chi connectivity index (χ0v) is 14.5. The molecule has 0 aliphatic heterocycles. The lowest BCUT2D eigenvalue weighted by atomic mass is 10.7. The van der Waals surface area contributed by atoms with Crippen LogP contribution in [0.15, 0.2) is 4.26 Å². The van der Waals surface area contributed by atoms with Gasteiger partial charge in [0, 0.05) is 38.0 Å². The van der Waals surface area contributed by atoms with Crippen molar-refractivity contribution in [3.05, 3.63) is 0 Å². The zero-order chi connectivity index (χ0) is 13.7. The van der Waals surface area contributed by atoms with Gasteiger partial charge in [-0.25, -0.2) is 0 Å². The monoisotopic (exact) mass is 341 g/mol. The highest BCUT2D eigenvalue weighted by Crippen LogP contribution is 2.71. The molecule has 0 heterocycles. The molecule has 0 aliphatic carbocycles. The van der Waals surface area contributed by atoms with Crippen LogP contribution in [0.25, 0.3) is 0 Å². The Morgan fingerprint density at radius 1 is 0.882 bits per heavy atom. The van der Waals surface area contributed by atoms with Gasteiger partial charge in [-0.3, -0.25) is 9.34 Å². The molecule has 0 rings (SSSR count). The first-order valence-electron chi connectivity index (χ1n) is 5.65. The van der Waals surface area contributed by atoms with Crippen LogP contribution in [0.1, 0.15) is 27.7 Å². The van der Waals surface area contributed by atoms with Crippen LogP contribution < -0.4 is 0 Å². The minimum absolute atomic E-state index is 0.741. The molecule has 17 heavy (non-hydrogen) atoms. The Morgan fingerprint density at radius 3 is 1.29 bits per heavy atom. The number of halogens is 4. The summed E-state index contributed by atoms with van der Waals surface area (Å²) in [6, 6.07) is 0. The highest BCUT2D eigenvalue weighted by atomic mass is 35.6. The number of alkyl halides is 3. The van der Waals surface area contributed by atoms with Crippen molar-refractivity contribution in [1.82, 2.24) is 9.34 Å². The van der Waals surface area contributed by atoms with Crippen molar-refractivity contribution < 1.29 is 0 Å². The maximum Gasteiger partial charge on any atom is 0.251 e. The number of hydrogen-bond acceptors (Lipinski definition) is 1. The topological polar surface area (TPSA) is 18.8 Å². The van der Waals surface area contributed by atoms with Gasteiger partial charge in [-0.05, 0) is 0 Å². The molecule has 0 amide bonds.